The number of benzene rings is 2. The second-order valence-electron chi connectivity index (χ2n) is 12.2. The number of unbranched alkanes of at least 4 members (excludes halogenated alkanes) is 1. The second-order valence-corrected chi connectivity index (χ2v) is 12.2. The minimum absolute atomic E-state index is 0.149. The number of hydrogen-bond acceptors (Lipinski definition) is 5. The molecule has 5 N–H and O–H groups in total. The van der Waals surface area contributed by atoms with Crippen LogP contribution in [0.1, 0.15) is 71.9 Å². The van der Waals surface area contributed by atoms with Crippen molar-refractivity contribution in [2.45, 2.75) is 91.3 Å². The zero-order valence-electron chi connectivity index (χ0n) is 23.9. The van der Waals surface area contributed by atoms with E-state index in [1.54, 1.807) is 12.1 Å². The molecule has 0 fully saturated rings. The average molecular weight is 523 g/mol. The number of carbonyl (C=O) groups is 3. The lowest BCUT2D eigenvalue weighted by atomic mass is 9.88. The monoisotopic (exact) mass is 522 g/mol. The molecule has 2 amide bonds. The van der Waals surface area contributed by atoms with Crippen molar-refractivity contribution in [1.82, 2.24) is 10.6 Å². The standard InChI is InChI=1S/C31H46N4O3/c1-30(2,3)21-23-15-17-24(18-16-23)33-29(38)27(36)25(14-10-11-19-32)34-28(37)26(35-31(4,5)6)20-22-12-8-7-9-13-22/h7-9,12-13,15-18,25-26,35H,10-11,14,19-21,32H2,1-6H3,(H,33,38)(H,34,37)/t25-,26-/m0/s1. The predicted octanol–water partition coefficient (Wildman–Crippen LogP) is 4.40. The van der Waals surface area contributed by atoms with Gasteiger partial charge in [-0.1, -0.05) is 63.2 Å². The molecule has 7 heteroatoms. The molecule has 0 radical (unpaired) electrons. The number of nitrogens with one attached hydrogen (secondary N) is 3. The molecule has 208 valence electrons. The maximum absolute atomic E-state index is 13.4. The predicted molar refractivity (Wildman–Crippen MR) is 155 cm³/mol. The Morgan fingerprint density at radius 2 is 1.45 bits per heavy atom. The largest absolute Gasteiger partial charge is 0.344 e. The molecule has 0 spiro atoms. The number of hydrogen-bond donors (Lipinski definition) is 4. The van der Waals surface area contributed by atoms with Crippen LogP contribution in [0, 0.1) is 5.41 Å². The van der Waals surface area contributed by atoms with Gasteiger partial charge in [0, 0.05) is 11.2 Å². The highest BCUT2D eigenvalue weighted by Gasteiger charge is 2.31. The SMILES string of the molecule is CC(C)(C)Cc1ccc(NC(=O)C(=O)[C@H](CCCCN)NC(=O)[C@H](Cc2ccccc2)NC(C)(C)C)cc1. The highest BCUT2D eigenvalue weighted by molar-refractivity contribution is 6.42. The van der Waals surface area contributed by atoms with Gasteiger partial charge in [0.1, 0.15) is 0 Å². The van der Waals surface area contributed by atoms with Crippen LogP contribution >= 0.6 is 0 Å². The molecule has 0 aliphatic carbocycles. The van der Waals surface area contributed by atoms with Crippen molar-refractivity contribution in [2.75, 3.05) is 11.9 Å². The fourth-order valence-corrected chi connectivity index (χ4v) is 4.28. The van der Waals surface area contributed by atoms with E-state index in [1.807, 2.05) is 63.2 Å². The highest BCUT2D eigenvalue weighted by Crippen LogP contribution is 2.21. The molecule has 0 saturated heterocycles. The Bertz CT molecular complexity index is 1040. The van der Waals surface area contributed by atoms with Crippen molar-refractivity contribution in [2.24, 2.45) is 11.1 Å². The van der Waals surface area contributed by atoms with Crippen LogP contribution < -0.4 is 21.7 Å². The lowest BCUT2D eigenvalue weighted by Crippen LogP contribution is -2.56. The molecule has 2 aromatic rings. The second kappa shape index (κ2) is 14.2. The summed E-state index contributed by atoms with van der Waals surface area (Å²) in [5.41, 5.74) is 8.17. The topological polar surface area (TPSA) is 113 Å². The van der Waals surface area contributed by atoms with E-state index in [2.05, 4.69) is 36.7 Å². The normalized spacial score (nSPS) is 13.4. The van der Waals surface area contributed by atoms with E-state index in [9.17, 15) is 14.4 Å². The van der Waals surface area contributed by atoms with Crippen LogP contribution in [0.3, 0.4) is 0 Å². The number of Topliss-reactive ketones (excluding diaryl/α,β-unsaturated/α-hetero) is 1. The summed E-state index contributed by atoms with van der Waals surface area (Å²) in [7, 11) is 0. The number of anilines is 1. The molecular weight excluding hydrogens is 476 g/mol. The zero-order valence-corrected chi connectivity index (χ0v) is 23.9. The fourth-order valence-electron chi connectivity index (χ4n) is 4.28. The number of amides is 2. The van der Waals surface area contributed by atoms with Gasteiger partial charge in [-0.15, -0.1) is 0 Å². The molecule has 0 unspecified atom stereocenters. The minimum atomic E-state index is -0.936. The molecular formula is C31H46N4O3. The van der Waals surface area contributed by atoms with Gasteiger partial charge in [-0.25, -0.2) is 0 Å². The van der Waals surface area contributed by atoms with Crippen molar-refractivity contribution >= 4 is 23.3 Å². The number of rotatable bonds is 13. The summed E-state index contributed by atoms with van der Waals surface area (Å²) >= 11 is 0. The van der Waals surface area contributed by atoms with E-state index in [4.69, 9.17) is 5.73 Å². The molecule has 0 heterocycles. The Morgan fingerprint density at radius 1 is 0.816 bits per heavy atom. The average Bonchev–Trinajstić information content (AvgIpc) is 2.82. The third-order valence-electron chi connectivity index (χ3n) is 5.96. The molecule has 2 atom stereocenters. The van der Waals surface area contributed by atoms with Crippen LogP contribution in [0.4, 0.5) is 5.69 Å². The van der Waals surface area contributed by atoms with Crippen LogP contribution in [0.15, 0.2) is 54.6 Å². The Balaban J connectivity index is 2.14. The van der Waals surface area contributed by atoms with Gasteiger partial charge in [-0.2, -0.15) is 0 Å². The van der Waals surface area contributed by atoms with Gasteiger partial charge in [0.15, 0.2) is 0 Å². The van der Waals surface area contributed by atoms with Crippen molar-refractivity contribution < 1.29 is 14.4 Å². The van der Waals surface area contributed by atoms with Gasteiger partial charge in [-0.05, 0) is 88.1 Å². The van der Waals surface area contributed by atoms with Crippen LogP contribution in [-0.2, 0) is 27.2 Å². The van der Waals surface area contributed by atoms with Crippen molar-refractivity contribution in [3.05, 3.63) is 65.7 Å². The van der Waals surface area contributed by atoms with Crippen LogP contribution in [-0.4, -0.2) is 41.8 Å². The van der Waals surface area contributed by atoms with Crippen molar-refractivity contribution in [3.63, 3.8) is 0 Å². The zero-order chi connectivity index (χ0) is 28.3. The maximum Gasteiger partial charge on any atom is 0.293 e. The summed E-state index contributed by atoms with van der Waals surface area (Å²) < 4.78 is 0. The Labute approximate surface area is 228 Å². The van der Waals surface area contributed by atoms with Gasteiger partial charge >= 0.3 is 0 Å². The molecule has 7 nitrogen and oxygen atoms in total. The number of carbonyl (C=O) groups excluding carboxylic acids is 3. The van der Waals surface area contributed by atoms with Gasteiger partial charge in [0.2, 0.25) is 11.7 Å². The summed E-state index contributed by atoms with van der Waals surface area (Å²) in [5, 5.41) is 8.93. The first-order chi connectivity index (χ1) is 17.8. The number of ketones is 1. The maximum atomic E-state index is 13.4. The van der Waals surface area contributed by atoms with Gasteiger partial charge in [-0.3, -0.25) is 14.4 Å². The molecule has 0 aliphatic rings. The molecule has 2 rings (SSSR count). The third kappa shape index (κ3) is 11.6. The van der Waals surface area contributed by atoms with Crippen molar-refractivity contribution in [1.29, 1.82) is 0 Å². The van der Waals surface area contributed by atoms with E-state index in [-0.39, 0.29) is 16.9 Å². The molecule has 0 aliphatic heterocycles. The lowest BCUT2D eigenvalue weighted by molar-refractivity contribution is -0.137. The minimum Gasteiger partial charge on any atom is -0.344 e. The van der Waals surface area contributed by atoms with Crippen LogP contribution in [0.25, 0.3) is 0 Å². The summed E-state index contributed by atoms with van der Waals surface area (Å²) in [6.45, 7) is 12.9. The fraction of sp³-hybridized carbons (Fsp3) is 0.516. The van der Waals surface area contributed by atoms with Gasteiger partial charge in [0.25, 0.3) is 5.91 Å². The molecule has 0 bridgehead atoms. The van der Waals surface area contributed by atoms with Gasteiger partial charge < -0.3 is 21.7 Å². The van der Waals surface area contributed by atoms with Crippen LogP contribution in [0.2, 0.25) is 0 Å². The van der Waals surface area contributed by atoms with Crippen LogP contribution in [0.5, 0.6) is 0 Å². The molecule has 0 aromatic heterocycles. The smallest absolute Gasteiger partial charge is 0.293 e. The Hall–Kier alpha value is -3.03. The van der Waals surface area contributed by atoms with Crippen molar-refractivity contribution in [3.8, 4) is 0 Å². The highest BCUT2D eigenvalue weighted by atomic mass is 16.2. The number of nitrogens with two attached hydrogens (primary N) is 1. The summed E-state index contributed by atoms with van der Waals surface area (Å²) in [4.78, 5) is 39.6. The summed E-state index contributed by atoms with van der Waals surface area (Å²) in [5.74, 6) is -1.72. The Kier molecular flexibility index (Phi) is 11.7. The summed E-state index contributed by atoms with van der Waals surface area (Å²) in [6.07, 6.45) is 3.03. The van der Waals surface area contributed by atoms with E-state index < -0.39 is 23.8 Å². The van der Waals surface area contributed by atoms with E-state index >= 15 is 0 Å². The van der Waals surface area contributed by atoms with E-state index in [0.29, 0.717) is 37.9 Å². The molecule has 38 heavy (non-hydrogen) atoms. The Morgan fingerprint density at radius 3 is 2.00 bits per heavy atom. The van der Waals surface area contributed by atoms with E-state index in [0.717, 1.165) is 17.5 Å². The first kappa shape index (κ1) is 31.2. The quantitative estimate of drug-likeness (QED) is 0.230. The van der Waals surface area contributed by atoms with E-state index in [1.165, 1.54) is 0 Å². The first-order valence-corrected chi connectivity index (χ1v) is 13.5. The molecule has 0 saturated carbocycles. The van der Waals surface area contributed by atoms with Gasteiger partial charge in [0.05, 0.1) is 12.1 Å². The summed E-state index contributed by atoms with van der Waals surface area (Å²) in [6, 6.07) is 15.7. The third-order valence-corrected chi connectivity index (χ3v) is 5.96. The first-order valence-electron chi connectivity index (χ1n) is 13.5. The molecule has 2 aromatic carbocycles. The lowest BCUT2D eigenvalue weighted by Gasteiger charge is -2.29.